The van der Waals surface area contributed by atoms with Gasteiger partial charge in [0.25, 0.3) is 0 Å². The average Bonchev–Trinajstić information content (AvgIpc) is 2.99. The van der Waals surface area contributed by atoms with E-state index in [1.807, 2.05) is 0 Å². The fourth-order valence-corrected chi connectivity index (χ4v) is 4.09. The largest absolute Gasteiger partial charge is 0.450 e. The van der Waals surface area contributed by atoms with Crippen molar-refractivity contribution >= 4 is 46.4 Å². The number of rotatable bonds is 6. The van der Waals surface area contributed by atoms with E-state index in [-0.39, 0.29) is 5.82 Å². The van der Waals surface area contributed by atoms with Gasteiger partial charge in [0.1, 0.15) is 5.82 Å². The van der Waals surface area contributed by atoms with Gasteiger partial charge in [0, 0.05) is 43.3 Å². The highest BCUT2D eigenvalue weighted by atomic mass is 35.5. The summed E-state index contributed by atoms with van der Waals surface area (Å²) in [7, 11) is 0. The standard InChI is InChI=1S/C17H21ClFN5O2S2/c1-2-26-16(25)20-15-21-24(17(27)28-15)11-23-8-6-22(7-9-23)10-12-13(18)4-3-5-14(12)19/h3-5H,2,6-11H2,1H3,(H,20,21,25). The number of ether oxygens (including phenoxy) is 1. The molecular formula is C17H21ClFN5O2S2. The van der Waals surface area contributed by atoms with E-state index in [4.69, 9.17) is 28.6 Å². The minimum absolute atomic E-state index is 0.273. The molecule has 7 nitrogen and oxygen atoms in total. The van der Waals surface area contributed by atoms with Crippen LogP contribution in [-0.4, -0.2) is 58.5 Å². The van der Waals surface area contributed by atoms with Crippen LogP contribution in [0.25, 0.3) is 0 Å². The van der Waals surface area contributed by atoms with Crippen molar-refractivity contribution in [3.05, 3.63) is 38.6 Å². The maximum absolute atomic E-state index is 14.0. The number of anilines is 1. The maximum atomic E-state index is 14.0. The highest BCUT2D eigenvalue weighted by Gasteiger charge is 2.20. The zero-order chi connectivity index (χ0) is 20.1. The van der Waals surface area contributed by atoms with Gasteiger partial charge < -0.3 is 4.74 Å². The fourth-order valence-electron chi connectivity index (χ4n) is 2.89. The third kappa shape index (κ3) is 5.48. The number of hydrogen-bond donors (Lipinski definition) is 1. The van der Waals surface area contributed by atoms with Crippen LogP contribution in [0, 0.1) is 9.77 Å². The molecule has 1 aromatic heterocycles. The van der Waals surface area contributed by atoms with Crippen LogP contribution in [0.2, 0.25) is 5.02 Å². The third-order valence-electron chi connectivity index (χ3n) is 4.33. The fraction of sp³-hybridized carbons (Fsp3) is 0.471. The van der Waals surface area contributed by atoms with Crippen LogP contribution in [-0.2, 0) is 18.0 Å². The molecule has 1 N–H and O–H groups in total. The molecule has 0 saturated carbocycles. The second-order valence-electron chi connectivity index (χ2n) is 6.25. The van der Waals surface area contributed by atoms with Crippen LogP contribution in [0.4, 0.5) is 14.3 Å². The maximum Gasteiger partial charge on any atom is 0.413 e. The lowest BCUT2D eigenvalue weighted by atomic mass is 10.2. The molecule has 1 aliphatic heterocycles. The minimum Gasteiger partial charge on any atom is -0.450 e. The molecule has 1 aromatic carbocycles. The lowest BCUT2D eigenvalue weighted by Crippen LogP contribution is -2.46. The summed E-state index contributed by atoms with van der Waals surface area (Å²) in [6, 6.07) is 4.76. The monoisotopic (exact) mass is 445 g/mol. The van der Waals surface area contributed by atoms with Gasteiger partial charge in [-0.15, -0.1) is 5.10 Å². The summed E-state index contributed by atoms with van der Waals surface area (Å²) in [6.07, 6.45) is -0.543. The Morgan fingerprint density at radius 2 is 2.07 bits per heavy atom. The number of carbonyl (C=O) groups is 1. The van der Waals surface area contributed by atoms with Gasteiger partial charge in [-0.3, -0.25) is 15.1 Å². The van der Waals surface area contributed by atoms with E-state index in [1.165, 1.54) is 17.4 Å². The number of hydrogen-bond acceptors (Lipinski definition) is 7. The summed E-state index contributed by atoms with van der Waals surface area (Å²) in [5, 5.41) is 7.77. The molecule has 0 aliphatic carbocycles. The Morgan fingerprint density at radius 1 is 1.36 bits per heavy atom. The van der Waals surface area contributed by atoms with Crippen molar-refractivity contribution < 1.29 is 13.9 Å². The number of halogens is 2. The van der Waals surface area contributed by atoms with Crippen LogP contribution in [0.15, 0.2) is 18.2 Å². The van der Waals surface area contributed by atoms with Gasteiger partial charge in [-0.1, -0.05) is 29.0 Å². The van der Waals surface area contributed by atoms with Crippen LogP contribution in [0.1, 0.15) is 12.5 Å². The number of amides is 1. The van der Waals surface area contributed by atoms with Gasteiger partial charge in [0.05, 0.1) is 13.3 Å². The molecule has 11 heteroatoms. The van der Waals surface area contributed by atoms with Crippen molar-refractivity contribution in [2.75, 3.05) is 38.1 Å². The molecule has 0 bridgehead atoms. The molecule has 1 saturated heterocycles. The number of carbonyl (C=O) groups excluding carboxylic acids is 1. The normalized spacial score (nSPS) is 15.5. The molecule has 2 heterocycles. The zero-order valence-electron chi connectivity index (χ0n) is 15.4. The molecule has 3 rings (SSSR count). The van der Waals surface area contributed by atoms with E-state index in [0.717, 1.165) is 26.2 Å². The molecule has 1 amide bonds. The minimum atomic E-state index is -0.543. The van der Waals surface area contributed by atoms with Gasteiger partial charge in [-0.05, 0) is 31.3 Å². The first kappa shape index (κ1) is 21.1. The molecule has 1 aliphatic rings. The number of aromatic nitrogens is 2. The summed E-state index contributed by atoms with van der Waals surface area (Å²) < 4.78 is 21.1. The molecule has 1 fully saturated rings. The Balaban J connectivity index is 1.52. The molecule has 152 valence electrons. The van der Waals surface area contributed by atoms with E-state index in [9.17, 15) is 9.18 Å². The molecule has 0 atom stereocenters. The number of nitrogens with one attached hydrogen (secondary N) is 1. The summed E-state index contributed by atoms with van der Waals surface area (Å²) in [5.41, 5.74) is 0.536. The number of benzene rings is 1. The summed E-state index contributed by atoms with van der Waals surface area (Å²) in [5.74, 6) is -0.273. The molecule has 28 heavy (non-hydrogen) atoms. The van der Waals surface area contributed by atoms with Gasteiger partial charge in [0.2, 0.25) is 5.13 Å². The van der Waals surface area contributed by atoms with E-state index in [2.05, 4.69) is 20.2 Å². The molecule has 0 spiro atoms. The number of piperazine rings is 1. The molecular weight excluding hydrogens is 425 g/mol. The Bertz CT molecular complexity index is 862. The summed E-state index contributed by atoms with van der Waals surface area (Å²) in [6.45, 7) is 6.22. The molecule has 0 radical (unpaired) electrons. The van der Waals surface area contributed by atoms with Crippen LogP contribution in [0.5, 0.6) is 0 Å². The van der Waals surface area contributed by atoms with Gasteiger partial charge in [-0.2, -0.15) is 0 Å². The summed E-state index contributed by atoms with van der Waals surface area (Å²) >= 11 is 12.7. The van der Waals surface area contributed by atoms with Crippen LogP contribution in [0.3, 0.4) is 0 Å². The highest BCUT2D eigenvalue weighted by Crippen LogP contribution is 2.21. The second-order valence-corrected chi connectivity index (χ2v) is 8.28. The second kappa shape index (κ2) is 9.75. The Labute approximate surface area is 176 Å². The first-order chi connectivity index (χ1) is 13.5. The first-order valence-corrected chi connectivity index (χ1v) is 10.5. The topological polar surface area (TPSA) is 62.6 Å². The predicted octanol–water partition coefficient (Wildman–Crippen LogP) is 3.81. The Morgan fingerprint density at radius 3 is 2.75 bits per heavy atom. The SMILES string of the molecule is CCOC(=O)Nc1nn(CN2CCN(Cc3c(F)cccc3Cl)CC2)c(=S)s1. The molecule has 2 aromatic rings. The van der Waals surface area contributed by atoms with Crippen molar-refractivity contribution in [1.82, 2.24) is 19.6 Å². The van der Waals surface area contributed by atoms with Crippen molar-refractivity contribution in [3.8, 4) is 0 Å². The molecule has 0 unspecified atom stereocenters. The van der Waals surface area contributed by atoms with E-state index < -0.39 is 6.09 Å². The number of nitrogens with zero attached hydrogens (tertiary/aromatic N) is 4. The highest BCUT2D eigenvalue weighted by molar-refractivity contribution is 7.73. The van der Waals surface area contributed by atoms with E-state index in [1.54, 1.807) is 23.7 Å². The van der Waals surface area contributed by atoms with Gasteiger partial charge in [0.15, 0.2) is 3.95 Å². The lowest BCUT2D eigenvalue weighted by molar-refractivity contribution is 0.0978. The van der Waals surface area contributed by atoms with Crippen LogP contribution >= 0.6 is 35.2 Å². The summed E-state index contributed by atoms with van der Waals surface area (Å²) in [4.78, 5) is 15.9. The Hall–Kier alpha value is -1.59. The van der Waals surface area contributed by atoms with Crippen molar-refractivity contribution in [3.63, 3.8) is 0 Å². The predicted molar refractivity (Wildman–Crippen MR) is 110 cm³/mol. The van der Waals surface area contributed by atoms with E-state index >= 15 is 0 Å². The van der Waals surface area contributed by atoms with Gasteiger partial charge >= 0.3 is 6.09 Å². The van der Waals surface area contributed by atoms with Crippen molar-refractivity contribution in [2.45, 2.75) is 20.1 Å². The first-order valence-electron chi connectivity index (χ1n) is 8.85. The lowest BCUT2D eigenvalue weighted by Gasteiger charge is -2.34. The van der Waals surface area contributed by atoms with E-state index in [0.29, 0.717) is 39.5 Å². The van der Waals surface area contributed by atoms with Gasteiger partial charge in [-0.25, -0.2) is 13.9 Å². The Kier molecular flexibility index (Phi) is 7.36. The van der Waals surface area contributed by atoms with Crippen molar-refractivity contribution in [2.24, 2.45) is 0 Å². The van der Waals surface area contributed by atoms with Crippen molar-refractivity contribution in [1.29, 1.82) is 0 Å². The quantitative estimate of drug-likeness (QED) is 0.682. The smallest absolute Gasteiger partial charge is 0.413 e. The average molecular weight is 446 g/mol. The third-order valence-corrected chi connectivity index (χ3v) is 5.91. The zero-order valence-corrected chi connectivity index (χ0v) is 17.7. The van der Waals surface area contributed by atoms with Crippen LogP contribution < -0.4 is 5.32 Å².